The largest absolute Gasteiger partial charge is 0.370 e. The Balaban J connectivity index is 1.73. The summed E-state index contributed by atoms with van der Waals surface area (Å²) in [5.74, 6) is -0.107. The quantitative estimate of drug-likeness (QED) is 0.413. The maximum absolute atomic E-state index is 12.1. The minimum absolute atomic E-state index is 0.0212. The molecule has 0 radical (unpaired) electrons. The van der Waals surface area contributed by atoms with Crippen LogP contribution in [0.4, 0.5) is 5.69 Å². The van der Waals surface area contributed by atoms with Crippen molar-refractivity contribution >= 4 is 17.5 Å². The second-order valence-corrected chi connectivity index (χ2v) is 6.94. The van der Waals surface area contributed by atoms with Gasteiger partial charge in [-0.2, -0.15) is 0 Å². The van der Waals surface area contributed by atoms with Crippen LogP contribution in [0.25, 0.3) is 0 Å². The van der Waals surface area contributed by atoms with Gasteiger partial charge in [-0.25, -0.2) is 0 Å². The van der Waals surface area contributed by atoms with Crippen molar-refractivity contribution in [3.8, 4) is 0 Å². The van der Waals surface area contributed by atoms with Gasteiger partial charge in [0.1, 0.15) is 19.6 Å². The molecule has 144 valence electrons. The smallest absolute Gasteiger partial charge is 0.279 e. The lowest BCUT2D eigenvalue weighted by Crippen LogP contribution is -3.12. The third-order valence-corrected chi connectivity index (χ3v) is 4.39. The molecule has 1 unspecified atom stereocenters. The maximum Gasteiger partial charge on any atom is 0.279 e. The molecular formula is C19H32N4O3+2. The number of benzene rings is 1. The molecule has 2 amide bonds. The Morgan fingerprint density at radius 1 is 1.12 bits per heavy atom. The fraction of sp³-hybridized carbons (Fsp3) is 0.579. The first kappa shape index (κ1) is 20.4. The summed E-state index contributed by atoms with van der Waals surface area (Å²) in [6.45, 7) is 7.98. The van der Waals surface area contributed by atoms with Gasteiger partial charge in [0, 0.05) is 17.8 Å². The van der Waals surface area contributed by atoms with Crippen LogP contribution in [0, 0.1) is 0 Å². The molecule has 1 atom stereocenters. The van der Waals surface area contributed by atoms with E-state index in [4.69, 9.17) is 4.74 Å². The van der Waals surface area contributed by atoms with Crippen molar-refractivity contribution in [3.63, 3.8) is 0 Å². The normalized spacial score (nSPS) is 16.1. The number of morpholine rings is 1. The number of hydrogen-bond acceptors (Lipinski definition) is 3. The van der Waals surface area contributed by atoms with Crippen LogP contribution in [0.2, 0.25) is 0 Å². The van der Waals surface area contributed by atoms with Crippen LogP contribution in [0.1, 0.15) is 18.9 Å². The highest BCUT2D eigenvalue weighted by atomic mass is 16.5. The van der Waals surface area contributed by atoms with Gasteiger partial charge in [0.25, 0.3) is 11.8 Å². The van der Waals surface area contributed by atoms with E-state index in [-0.39, 0.29) is 18.4 Å². The number of nitrogens with one attached hydrogen (secondary N) is 4. The number of anilines is 1. The van der Waals surface area contributed by atoms with E-state index < -0.39 is 0 Å². The average Bonchev–Trinajstić information content (AvgIpc) is 2.62. The number of carbonyl (C=O) groups excluding carboxylic acids is 2. The van der Waals surface area contributed by atoms with Crippen molar-refractivity contribution in [1.29, 1.82) is 0 Å². The second-order valence-electron chi connectivity index (χ2n) is 6.94. The van der Waals surface area contributed by atoms with Gasteiger partial charge in [-0.1, -0.05) is 19.1 Å². The first-order valence-corrected chi connectivity index (χ1v) is 9.45. The van der Waals surface area contributed by atoms with E-state index in [1.54, 1.807) is 0 Å². The number of carbonyl (C=O) groups is 2. The molecule has 0 aromatic heterocycles. The van der Waals surface area contributed by atoms with Gasteiger partial charge in [-0.15, -0.1) is 0 Å². The highest BCUT2D eigenvalue weighted by molar-refractivity contribution is 5.91. The van der Waals surface area contributed by atoms with Crippen LogP contribution in [0.5, 0.6) is 0 Å². The Bertz CT molecular complexity index is 571. The molecular weight excluding hydrogens is 332 g/mol. The summed E-state index contributed by atoms with van der Waals surface area (Å²) in [6.07, 6.45) is 0.911. The summed E-state index contributed by atoms with van der Waals surface area (Å²) in [6, 6.07) is 8.01. The first-order chi connectivity index (χ1) is 12.6. The van der Waals surface area contributed by atoms with Crippen LogP contribution in [0.3, 0.4) is 0 Å². The van der Waals surface area contributed by atoms with Gasteiger partial charge >= 0.3 is 0 Å². The van der Waals surface area contributed by atoms with E-state index >= 15 is 0 Å². The zero-order valence-corrected chi connectivity index (χ0v) is 15.9. The molecule has 7 nitrogen and oxygen atoms in total. The summed E-state index contributed by atoms with van der Waals surface area (Å²) in [5.41, 5.74) is 2.05. The molecule has 1 heterocycles. The Kier molecular flexibility index (Phi) is 8.53. The number of quaternary nitrogens is 2. The number of rotatable bonds is 9. The van der Waals surface area contributed by atoms with Crippen LogP contribution < -0.4 is 20.4 Å². The van der Waals surface area contributed by atoms with Gasteiger partial charge in [0.15, 0.2) is 13.1 Å². The molecule has 4 N–H and O–H groups in total. The molecule has 2 rings (SSSR count). The Morgan fingerprint density at radius 2 is 1.77 bits per heavy atom. The lowest BCUT2D eigenvalue weighted by atomic mass is 10.2. The van der Waals surface area contributed by atoms with Crippen molar-refractivity contribution in [1.82, 2.24) is 5.32 Å². The molecule has 1 aliphatic rings. The standard InChI is InChI=1S/C19H30N4O3/c1-3-8-20-18(24)14-22(2)15-19(25)21-17-6-4-16(5-7-17)13-23-9-11-26-12-10-23/h4-7H,3,8-15H2,1-2H3,(H,20,24)(H,21,25)/p+2. The molecule has 1 aliphatic heterocycles. The van der Waals surface area contributed by atoms with E-state index in [0.717, 1.165) is 49.9 Å². The number of likely N-dealkylation sites (N-methyl/N-ethyl adjacent to an activating group) is 1. The fourth-order valence-corrected chi connectivity index (χ4v) is 2.97. The summed E-state index contributed by atoms with van der Waals surface area (Å²) in [7, 11) is 1.85. The van der Waals surface area contributed by atoms with Crippen LogP contribution in [-0.2, 0) is 20.9 Å². The van der Waals surface area contributed by atoms with E-state index in [9.17, 15) is 9.59 Å². The van der Waals surface area contributed by atoms with Crippen LogP contribution >= 0.6 is 0 Å². The zero-order chi connectivity index (χ0) is 18.8. The number of ether oxygens (including phenoxy) is 1. The Hall–Kier alpha value is -1.96. The fourth-order valence-electron chi connectivity index (χ4n) is 2.97. The minimum atomic E-state index is -0.0858. The topological polar surface area (TPSA) is 76.3 Å². The molecule has 0 spiro atoms. The van der Waals surface area contributed by atoms with Crippen LogP contribution in [0.15, 0.2) is 24.3 Å². The molecule has 0 aliphatic carbocycles. The van der Waals surface area contributed by atoms with Crippen molar-refractivity contribution in [2.45, 2.75) is 19.9 Å². The minimum Gasteiger partial charge on any atom is -0.370 e. The molecule has 0 bridgehead atoms. The number of hydrogen-bond donors (Lipinski definition) is 4. The van der Waals surface area contributed by atoms with Crippen LogP contribution in [-0.4, -0.2) is 64.8 Å². The Labute approximate surface area is 155 Å². The van der Waals surface area contributed by atoms with E-state index in [0.29, 0.717) is 13.1 Å². The first-order valence-electron chi connectivity index (χ1n) is 9.45. The highest BCUT2D eigenvalue weighted by Gasteiger charge is 2.15. The number of amides is 2. The molecule has 7 heteroatoms. The lowest BCUT2D eigenvalue weighted by Gasteiger charge is -2.23. The molecule has 1 fully saturated rings. The van der Waals surface area contributed by atoms with Crippen molar-refractivity contribution in [2.75, 3.05) is 58.3 Å². The third kappa shape index (κ3) is 7.51. The summed E-state index contributed by atoms with van der Waals surface area (Å²) >= 11 is 0. The van der Waals surface area contributed by atoms with Gasteiger partial charge in [0.2, 0.25) is 0 Å². The van der Waals surface area contributed by atoms with Crippen molar-refractivity contribution in [3.05, 3.63) is 29.8 Å². The average molecular weight is 364 g/mol. The van der Waals surface area contributed by atoms with Crippen molar-refractivity contribution < 1.29 is 24.1 Å². The lowest BCUT2D eigenvalue weighted by molar-refractivity contribution is -0.921. The van der Waals surface area contributed by atoms with Gasteiger partial charge in [-0.05, 0) is 18.6 Å². The second kappa shape index (κ2) is 10.9. The van der Waals surface area contributed by atoms with Gasteiger partial charge in [-0.3, -0.25) is 9.59 Å². The monoisotopic (exact) mass is 364 g/mol. The van der Waals surface area contributed by atoms with E-state index in [1.807, 2.05) is 26.1 Å². The Morgan fingerprint density at radius 3 is 2.42 bits per heavy atom. The summed E-state index contributed by atoms with van der Waals surface area (Å²) in [4.78, 5) is 26.2. The zero-order valence-electron chi connectivity index (χ0n) is 15.9. The van der Waals surface area contributed by atoms with Crippen molar-refractivity contribution in [2.24, 2.45) is 0 Å². The predicted octanol–water partition coefficient (Wildman–Crippen LogP) is -1.92. The van der Waals surface area contributed by atoms with Gasteiger partial charge in [0.05, 0.1) is 20.3 Å². The molecule has 1 saturated heterocycles. The molecule has 1 aromatic rings. The summed E-state index contributed by atoms with van der Waals surface area (Å²) in [5, 5.41) is 5.73. The molecule has 26 heavy (non-hydrogen) atoms. The maximum atomic E-state index is 12.1. The summed E-state index contributed by atoms with van der Waals surface area (Å²) < 4.78 is 5.38. The molecule has 1 aromatic carbocycles. The predicted molar refractivity (Wildman–Crippen MR) is 100 cm³/mol. The SMILES string of the molecule is CCCNC(=O)C[NH+](C)CC(=O)Nc1ccc(C[NH+]2CCOCC2)cc1. The highest BCUT2D eigenvalue weighted by Crippen LogP contribution is 2.08. The van der Waals surface area contributed by atoms with E-state index in [1.165, 1.54) is 10.5 Å². The van der Waals surface area contributed by atoms with Gasteiger partial charge < -0.3 is 25.2 Å². The molecule has 0 saturated carbocycles. The van der Waals surface area contributed by atoms with E-state index in [2.05, 4.69) is 22.8 Å². The third-order valence-electron chi connectivity index (χ3n) is 4.39.